The topological polar surface area (TPSA) is 74.6 Å². The van der Waals surface area contributed by atoms with E-state index in [4.69, 9.17) is 10.2 Å². The second-order valence-electron chi connectivity index (χ2n) is 3.71. The molecule has 82 valence electrons. The van der Waals surface area contributed by atoms with Gasteiger partial charge in [0.1, 0.15) is 0 Å². The fraction of sp³-hybridized carbons (Fsp3) is 0.400. The minimum absolute atomic E-state index is 0.0994. The van der Waals surface area contributed by atoms with Gasteiger partial charge in [-0.25, -0.2) is 4.79 Å². The van der Waals surface area contributed by atoms with Crippen molar-refractivity contribution in [3.05, 3.63) is 22.2 Å². The van der Waals surface area contributed by atoms with Crippen molar-refractivity contribution < 1.29 is 19.8 Å². The molecule has 15 heavy (non-hydrogen) atoms. The molecule has 2 N–H and O–H groups in total. The van der Waals surface area contributed by atoms with Gasteiger partial charge in [0.15, 0.2) is 0 Å². The molecule has 0 aliphatic heterocycles. The maximum atomic E-state index is 11.1. The predicted octanol–water partition coefficient (Wildman–Crippen LogP) is 2.02. The molecule has 1 rings (SSSR count). The van der Waals surface area contributed by atoms with E-state index in [-0.39, 0.29) is 5.57 Å². The molecule has 4 nitrogen and oxygen atoms in total. The van der Waals surface area contributed by atoms with E-state index in [0.29, 0.717) is 4.48 Å². The summed E-state index contributed by atoms with van der Waals surface area (Å²) in [5.41, 5.74) is -1.06. The zero-order valence-corrected chi connectivity index (χ0v) is 9.91. The van der Waals surface area contributed by atoms with E-state index in [9.17, 15) is 9.59 Å². The van der Waals surface area contributed by atoms with E-state index in [1.807, 2.05) is 0 Å². The highest BCUT2D eigenvalue weighted by Crippen LogP contribution is 2.41. The van der Waals surface area contributed by atoms with Crippen molar-refractivity contribution in [2.45, 2.75) is 13.8 Å². The van der Waals surface area contributed by atoms with Crippen LogP contribution in [-0.2, 0) is 9.59 Å². The number of hydrogen-bond donors (Lipinski definition) is 2. The second-order valence-corrected chi connectivity index (χ2v) is 4.56. The van der Waals surface area contributed by atoms with Crippen molar-refractivity contribution in [3.63, 3.8) is 0 Å². The maximum Gasteiger partial charge on any atom is 0.333 e. The van der Waals surface area contributed by atoms with E-state index >= 15 is 0 Å². The van der Waals surface area contributed by atoms with Gasteiger partial charge in [0.25, 0.3) is 0 Å². The molecule has 0 amide bonds. The third kappa shape index (κ3) is 1.84. The Morgan fingerprint density at radius 3 is 2.40 bits per heavy atom. The van der Waals surface area contributed by atoms with Gasteiger partial charge in [-0.3, -0.25) is 4.79 Å². The molecule has 1 aliphatic carbocycles. The van der Waals surface area contributed by atoms with E-state index in [0.717, 1.165) is 0 Å². The third-order valence-corrected chi connectivity index (χ3v) is 3.55. The van der Waals surface area contributed by atoms with E-state index < -0.39 is 23.3 Å². The summed E-state index contributed by atoms with van der Waals surface area (Å²) in [6.45, 7) is 3.11. The third-order valence-electron chi connectivity index (χ3n) is 2.86. The number of halogens is 1. The van der Waals surface area contributed by atoms with Crippen LogP contribution in [-0.4, -0.2) is 22.2 Å². The normalized spacial score (nSPS) is 30.5. The van der Waals surface area contributed by atoms with E-state index in [1.54, 1.807) is 6.92 Å². The fourth-order valence-electron chi connectivity index (χ4n) is 1.53. The Kier molecular flexibility index (Phi) is 3.04. The standard InChI is InChI=1S/C10H11BrO4/c1-5-7(8(12)13)6(11)3-4-10(5,2)9(14)15/h3-5H,1-2H3,(H,12,13)(H,14,15). The number of carboxylic acids is 2. The lowest BCUT2D eigenvalue weighted by Gasteiger charge is -2.32. The Morgan fingerprint density at radius 1 is 1.47 bits per heavy atom. The van der Waals surface area contributed by atoms with Crippen LogP contribution in [0.2, 0.25) is 0 Å². The summed E-state index contributed by atoms with van der Waals surface area (Å²) in [5, 5.41) is 18.1. The van der Waals surface area contributed by atoms with Crippen LogP contribution >= 0.6 is 15.9 Å². The van der Waals surface area contributed by atoms with Crippen molar-refractivity contribution in [2.24, 2.45) is 11.3 Å². The molecule has 1 aliphatic rings. The number of allylic oxidation sites excluding steroid dienone is 2. The lowest BCUT2D eigenvalue weighted by molar-refractivity contribution is -0.147. The van der Waals surface area contributed by atoms with Crippen LogP contribution in [0.3, 0.4) is 0 Å². The van der Waals surface area contributed by atoms with Crippen LogP contribution in [0.4, 0.5) is 0 Å². The Morgan fingerprint density at radius 2 is 2.00 bits per heavy atom. The second kappa shape index (κ2) is 3.81. The van der Waals surface area contributed by atoms with E-state index in [2.05, 4.69) is 15.9 Å². The van der Waals surface area contributed by atoms with Gasteiger partial charge in [0.05, 0.1) is 11.0 Å². The zero-order chi connectivity index (χ0) is 11.8. The molecule has 2 unspecified atom stereocenters. The van der Waals surface area contributed by atoms with Crippen molar-refractivity contribution in [1.82, 2.24) is 0 Å². The summed E-state index contributed by atoms with van der Waals surface area (Å²) in [6.07, 6.45) is 2.99. The zero-order valence-electron chi connectivity index (χ0n) is 8.32. The Bertz CT molecular complexity index is 383. The Labute approximate surface area is 95.4 Å². The highest BCUT2D eigenvalue weighted by molar-refractivity contribution is 9.12. The van der Waals surface area contributed by atoms with Crippen molar-refractivity contribution in [1.29, 1.82) is 0 Å². The van der Waals surface area contributed by atoms with Gasteiger partial charge < -0.3 is 10.2 Å². The summed E-state index contributed by atoms with van der Waals surface area (Å²) in [7, 11) is 0. The number of carboxylic acid groups (broad SMARTS) is 2. The van der Waals surface area contributed by atoms with Gasteiger partial charge in [0.2, 0.25) is 0 Å². The van der Waals surface area contributed by atoms with Crippen LogP contribution < -0.4 is 0 Å². The average Bonchev–Trinajstić information content (AvgIpc) is 2.11. The highest BCUT2D eigenvalue weighted by atomic mass is 79.9. The van der Waals surface area contributed by atoms with Crippen LogP contribution in [0.1, 0.15) is 13.8 Å². The van der Waals surface area contributed by atoms with Gasteiger partial charge in [-0.15, -0.1) is 0 Å². The first-order valence-corrected chi connectivity index (χ1v) is 5.15. The molecular weight excluding hydrogens is 264 g/mol. The summed E-state index contributed by atoms with van der Waals surface area (Å²) in [5.74, 6) is -2.69. The van der Waals surface area contributed by atoms with Gasteiger partial charge in [-0.1, -0.05) is 35.0 Å². The van der Waals surface area contributed by atoms with Crippen molar-refractivity contribution in [3.8, 4) is 0 Å². The quantitative estimate of drug-likeness (QED) is 0.808. The Balaban J connectivity index is 3.26. The molecule has 5 heteroatoms. The first kappa shape index (κ1) is 12.0. The number of carbonyl (C=O) groups is 2. The van der Waals surface area contributed by atoms with Crippen LogP contribution in [0.15, 0.2) is 22.2 Å². The molecule has 0 aromatic rings. The average molecular weight is 275 g/mol. The van der Waals surface area contributed by atoms with Gasteiger partial charge in [-0.05, 0) is 6.92 Å². The lowest BCUT2D eigenvalue weighted by atomic mass is 9.71. The molecule has 0 radical (unpaired) electrons. The molecule has 0 saturated carbocycles. The van der Waals surface area contributed by atoms with Crippen LogP contribution in [0.25, 0.3) is 0 Å². The molecule has 0 heterocycles. The summed E-state index contributed by atoms with van der Waals surface area (Å²) >= 11 is 3.12. The number of aliphatic carboxylic acids is 2. The number of rotatable bonds is 2. The minimum Gasteiger partial charge on any atom is -0.481 e. The van der Waals surface area contributed by atoms with Crippen molar-refractivity contribution >= 4 is 27.9 Å². The highest BCUT2D eigenvalue weighted by Gasteiger charge is 2.43. The lowest BCUT2D eigenvalue weighted by Crippen LogP contribution is -2.37. The Hall–Kier alpha value is -1.10. The summed E-state index contributed by atoms with van der Waals surface area (Å²) < 4.78 is 0.432. The molecule has 0 aromatic carbocycles. The maximum absolute atomic E-state index is 11.1. The van der Waals surface area contributed by atoms with E-state index in [1.165, 1.54) is 19.1 Å². The number of hydrogen-bond acceptors (Lipinski definition) is 2. The molecule has 0 bridgehead atoms. The molecule has 0 saturated heterocycles. The van der Waals surface area contributed by atoms with Gasteiger partial charge in [-0.2, -0.15) is 0 Å². The van der Waals surface area contributed by atoms with Crippen molar-refractivity contribution in [2.75, 3.05) is 0 Å². The smallest absolute Gasteiger partial charge is 0.333 e. The molecule has 0 aromatic heterocycles. The molecule has 2 atom stereocenters. The molecule has 0 fully saturated rings. The largest absolute Gasteiger partial charge is 0.481 e. The summed E-state index contributed by atoms with van der Waals surface area (Å²) in [6, 6.07) is 0. The fourth-order valence-corrected chi connectivity index (χ4v) is 2.18. The van der Waals surface area contributed by atoms with Crippen LogP contribution in [0, 0.1) is 11.3 Å². The molecule has 0 spiro atoms. The first-order chi connectivity index (χ1) is 6.80. The molecular formula is C10H11BrO4. The predicted molar refractivity (Wildman–Crippen MR) is 57.6 cm³/mol. The first-order valence-electron chi connectivity index (χ1n) is 4.36. The SMILES string of the molecule is CC1C(C(=O)O)=C(Br)C=CC1(C)C(=O)O. The summed E-state index contributed by atoms with van der Waals surface area (Å²) in [4.78, 5) is 22.1. The van der Waals surface area contributed by atoms with Crippen LogP contribution in [0.5, 0.6) is 0 Å². The minimum atomic E-state index is -1.16. The van der Waals surface area contributed by atoms with Gasteiger partial charge >= 0.3 is 11.9 Å². The monoisotopic (exact) mass is 274 g/mol. The van der Waals surface area contributed by atoms with Gasteiger partial charge in [0, 0.05) is 10.4 Å².